The van der Waals surface area contributed by atoms with E-state index < -0.39 is 5.54 Å². The van der Waals surface area contributed by atoms with E-state index in [1.807, 2.05) is 0 Å². The van der Waals surface area contributed by atoms with Gasteiger partial charge < -0.3 is 10.2 Å². The molecule has 4 rings (SSSR count). The van der Waals surface area contributed by atoms with Crippen molar-refractivity contribution in [3.63, 3.8) is 0 Å². The Morgan fingerprint density at radius 3 is 2.77 bits per heavy atom. The molecule has 1 aliphatic heterocycles. The smallest absolute Gasteiger partial charge is 0.231 e. The van der Waals surface area contributed by atoms with Crippen molar-refractivity contribution in [3.05, 3.63) is 66.3 Å². The Kier molecular flexibility index (Phi) is 4.86. The largest absolute Gasteiger partial charge is 0.472 e. The lowest BCUT2D eigenvalue weighted by Crippen LogP contribution is -2.47. The number of nitrogens with zero attached hydrogens (tertiary/aromatic N) is 5. The standard InChI is InChI=1S/C21H20N6O3/c1-21(9-19(29)27(2)20(22)26-21)18-8-13(3-5-23-18)7-17(28)16-11-24-15(10-25-16)14-4-6-30-12-14/h3-6,8,10-12H,7,9H2,1-2H3,(H2,22,26). The molecule has 1 atom stereocenters. The maximum Gasteiger partial charge on any atom is 0.231 e. The maximum absolute atomic E-state index is 12.7. The van der Waals surface area contributed by atoms with Crippen LogP contribution in [0.2, 0.25) is 0 Å². The van der Waals surface area contributed by atoms with Crippen LogP contribution < -0.4 is 5.73 Å². The fraction of sp³-hybridized carbons (Fsp3) is 0.238. The molecular weight excluding hydrogens is 384 g/mol. The molecular formula is C21H20N6O3. The highest BCUT2D eigenvalue weighted by Gasteiger charge is 2.37. The third-order valence-corrected chi connectivity index (χ3v) is 5.07. The molecule has 152 valence electrons. The van der Waals surface area contributed by atoms with Crippen LogP contribution in [0.1, 0.15) is 35.1 Å². The number of ketones is 1. The summed E-state index contributed by atoms with van der Waals surface area (Å²) in [6, 6.07) is 5.30. The van der Waals surface area contributed by atoms with E-state index in [2.05, 4.69) is 19.9 Å². The van der Waals surface area contributed by atoms with Gasteiger partial charge in [0.25, 0.3) is 0 Å². The predicted molar refractivity (Wildman–Crippen MR) is 108 cm³/mol. The van der Waals surface area contributed by atoms with Gasteiger partial charge in [-0.05, 0) is 30.7 Å². The third kappa shape index (κ3) is 3.69. The van der Waals surface area contributed by atoms with Gasteiger partial charge in [0.05, 0.1) is 42.7 Å². The summed E-state index contributed by atoms with van der Waals surface area (Å²) in [4.78, 5) is 43.5. The van der Waals surface area contributed by atoms with Gasteiger partial charge in [-0.2, -0.15) is 0 Å². The van der Waals surface area contributed by atoms with Crippen molar-refractivity contribution >= 4 is 17.6 Å². The monoisotopic (exact) mass is 404 g/mol. The second kappa shape index (κ2) is 7.51. The lowest BCUT2D eigenvalue weighted by atomic mass is 9.90. The molecule has 1 unspecified atom stereocenters. The second-order valence-corrected chi connectivity index (χ2v) is 7.32. The van der Waals surface area contributed by atoms with Crippen LogP contribution in [0.25, 0.3) is 11.3 Å². The summed E-state index contributed by atoms with van der Waals surface area (Å²) in [5, 5.41) is 0. The zero-order chi connectivity index (χ0) is 21.3. The first-order chi connectivity index (χ1) is 14.4. The molecule has 0 spiro atoms. The summed E-state index contributed by atoms with van der Waals surface area (Å²) in [7, 11) is 1.59. The lowest BCUT2D eigenvalue weighted by Gasteiger charge is -2.32. The quantitative estimate of drug-likeness (QED) is 0.644. The Bertz CT molecular complexity index is 1120. The van der Waals surface area contributed by atoms with E-state index in [0.29, 0.717) is 11.4 Å². The van der Waals surface area contributed by atoms with Crippen molar-refractivity contribution in [3.8, 4) is 11.3 Å². The third-order valence-electron chi connectivity index (χ3n) is 5.07. The van der Waals surface area contributed by atoms with E-state index in [-0.39, 0.29) is 36.2 Å². The molecule has 30 heavy (non-hydrogen) atoms. The number of carbonyl (C=O) groups is 2. The Balaban J connectivity index is 1.53. The minimum absolute atomic E-state index is 0.123. The van der Waals surface area contributed by atoms with Crippen LogP contribution in [-0.2, 0) is 16.8 Å². The summed E-state index contributed by atoms with van der Waals surface area (Å²) < 4.78 is 5.03. The number of Topliss-reactive ketones (excluding diaryl/α,β-unsaturated/α-hetero) is 1. The number of aliphatic imine (C=N–C) groups is 1. The van der Waals surface area contributed by atoms with Crippen LogP contribution in [-0.4, -0.2) is 44.5 Å². The van der Waals surface area contributed by atoms with Gasteiger partial charge in [-0.1, -0.05) is 0 Å². The lowest BCUT2D eigenvalue weighted by molar-refractivity contribution is -0.128. The van der Waals surface area contributed by atoms with Crippen molar-refractivity contribution in [2.75, 3.05) is 7.05 Å². The first-order valence-electron chi connectivity index (χ1n) is 9.31. The number of pyridine rings is 1. The molecule has 2 N–H and O–H groups in total. The molecule has 9 nitrogen and oxygen atoms in total. The first-order valence-corrected chi connectivity index (χ1v) is 9.31. The van der Waals surface area contributed by atoms with E-state index in [4.69, 9.17) is 10.2 Å². The zero-order valence-electron chi connectivity index (χ0n) is 16.6. The molecule has 0 aromatic carbocycles. The number of rotatable bonds is 5. The second-order valence-electron chi connectivity index (χ2n) is 7.32. The molecule has 1 aliphatic rings. The number of aromatic nitrogens is 3. The molecule has 1 amide bonds. The van der Waals surface area contributed by atoms with E-state index in [1.165, 1.54) is 11.1 Å². The van der Waals surface area contributed by atoms with Crippen LogP contribution in [0.3, 0.4) is 0 Å². The van der Waals surface area contributed by atoms with Crippen molar-refractivity contribution in [2.45, 2.75) is 25.3 Å². The number of furan rings is 1. The highest BCUT2D eigenvalue weighted by atomic mass is 16.3. The summed E-state index contributed by atoms with van der Waals surface area (Å²) in [5.41, 5.74) is 8.01. The van der Waals surface area contributed by atoms with Gasteiger partial charge in [-0.25, -0.2) is 9.98 Å². The van der Waals surface area contributed by atoms with Gasteiger partial charge in [0.15, 0.2) is 11.7 Å². The molecule has 0 saturated carbocycles. The summed E-state index contributed by atoms with van der Waals surface area (Å²) >= 11 is 0. The topological polar surface area (TPSA) is 128 Å². The molecule has 3 aromatic rings. The number of hydrogen-bond acceptors (Lipinski definition) is 8. The van der Waals surface area contributed by atoms with Gasteiger partial charge in [-0.15, -0.1) is 0 Å². The van der Waals surface area contributed by atoms with Gasteiger partial charge >= 0.3 is 0 Å². The van der Waals surface area contributed by atoms with Crippen molar-refractivity contribution < 1.29 is 14.0 Å². The summed E-state index contributed by atoms with van der Waals surface area (Å²) in [6.07, 6.45) is 7.98. The predicted octanol–water partition coefficient (Wildman–Crippen LogP) is 1.95. The zero-order valence-corrected chi connectivity index (χ0v) is 16.6. The van der Waals surface area contributed by atoms with Gasteiger partial charge in [-0.3, -0.25) is 24.5 Å². The van der Waals surface area contributed by atoms with Gasteiger partial charge in [0.2, 0.25) is 5.91 Å². The minimum atomic E-state index is -0.876. The van der Waals surface area contributed by atoms with Crippen molar-refractivity contribution in [1.29, 1.82) is 0 Å². The molecule has 0 aliphatic carbocycles. The SMILES string of the molecule is CN1C(=O)CC(C)(c2cc(CC(=O)c3cnc(-c4ccoc4)cn3)ccn2)N=C1N. The highest BCUT2D eigenvalue weighted by Crippen LogP contribution is 2.32. The summed E-state index contributed by atoms with van der Waals surface area (Å²) in [6.45, 7) is 1.80. The van der Waals surface area contributed by atoms with E-state index in [1.54, 1.807) is 57.1 Å². The fourth-order valence-electron chi connectivity index (χ4n) is 3.24. The Morgan fingerprint density at radius 2 is 2.10 bits per heavy atom. The van der Waals surface area contributed by atoms with E-state index in [0.717, 1.165) is 11.1 Å². The molecule has 0 bridgehead atoms. The number of guanidine groups is 1. The summed E-state index contributed by atoms with van der Waals surface area (Å²) in [5.74, 6) is -0.169. The fourth-order valence-corrected chi connectivity index (χ4v) is 3.24. The van der Waals surface area contributed by atoms with Crippen molar-refractivity contribution in [1.82, 2.24) is 19.9 Å². The van der Waals surface area contributed by atoms with E-state index >= 15 is 0 Å². The average molecular weight is 404 g/mol. The molecule has 4 heterocycles. The van der Waals surface area contributed by atoms with Crippen molar-refractivity contribution in [2.24, 2.45) is 10.7 Å². The molecule has 3 aromatic heterocycles. The number of amides is 1. The number of hydrogen-bond donors (Lipinski definition) is 1. The van der Waals surface area contributed by atoms with E-state index in [9.17, 15) is 9.59 Å². The van der Waals surface area contributed by atoms with Crippen LogP contribution in [0.4, 0.5) is 0 Å². The number of nitrogens with two attached hydrogens (primary N) is 1. The Labute approximate surface area is 172 Å². The first kappa shape index (κ1) is 19.4. The van der Waals surface area contributed by atoms with Gasteiger partial charge in [0, 0.05) is 25.2 Å². The maximum atomic E-state index is 12.7. The van der Waals surface area contributed by atoms with Crippen LogP contribution in [0, 0.1) is 0 Å². The normalized spacial score (nSPS) is 18.9. The van der Waals surface area contributed by atoms with Gasteiger partial charge in [0.1, 0.15) is 11.2 Å². The molecule has 0 radical (unpaired) electrons. The molecule has 0 fully saturated rings. The Hall–Kier alpha value is -3.88. The van der Waals surface area contributed by atoms with Crippen LogP contribution >= 0.6 is 0 Å². The average Bonchev–Trinajstić information content (AvgIpc) is 3.27. The van der Waals surface area contributed by atoms with Crippen LogP contribution in [0.15, 0.2) is 58.7 Å². The Morgan fingerprint density at radius 1 is 1.27 bits per heavy atom. The highest BCUT2D eigenvalue weighted by molar-refractivity contribution is 5.98. The molecule has 9 heteroatoms. The van der Waals surface area contributed by atoms with Crippen LogP contribution in [0.5, 0.6) is 0 Å². The minimum Gasteiger partial charge on any atom is -0.472 e. The molecule has 0 saturated heterocycles. The number of carbonyl (C=O) groups excluding carboxylic acids is 2.